The summed E-state index contributed by atoms with van der Waals surface area (Å²) in [5.74, 6) is 1.12. The molecule has 4 nitrogen and oxygen atoms in total. The second-order valence-electron chi connectivity index (χ2n) is 4.31. The van der Waals surface area contributed by atoms with E-state index in [0.29, 0.717) is 5.25 Å². The molecule has 0 spiro atoms. The molecule has 5 heteroatoms. The minimum Gasteiger partial charge on any atom is -0.364 e. The molecule has 0 bridgehead atoms. The lowest BCUT2D eigenvalue weighted by Crippen LogP contribution is -2.23. The van der Waals surface area contributed by atoms with Gasteiger partial charge < -0.3 is 9.88 Å². The number of imidazole rings is 1. The van der Waals surface area contributed by atoms with Gasteiger partial charge in [0.1, 0.15) is 5.82 Å². The highest BCUT2D eigenvalue weighted by molar-refractivity contribution is 8.14. The summed E-state index contributed by atoms with van der Waals surface area (Å²) in [5, 5.41) is 5.19. The van der Waals surface area contributed by atoms with Gasteiger partial charge in [0, 0.05) is 37.7 Å². The Bertz CT molecular complexity index is 386. The van der Waals surface area contributed by atoms with Crippen molar-refractivity contribution in [2.75, 3.05) is 13.1 Å². The molecule has 94 valence electrons. The van der Waals surface area contributed by atoms with Crippen LogP contribution in [0, 0.1) is 0 Å². The Hall–Kier alpha value is -0.970. The van der Waals surface area contributed by atoms with E-state index in [1.807, 2.05) is 31.2 Å². The predicted molar refractivity (Wildman–Crippen MR) is 73.5 cm³/mol. The summed E-state index contributed by atoms with van der Waals surface area (Å²) in [4.78, 5) is 8.82. The molecule has 1 aliphatic rings. The predicted octanol–water partition coefficient (Wildman–Crippen LogP) is 1.82. The summed E-state index contributed by atoms with van der Waals surface area (Å²) >= 11 is 1.89. The highest BCUT2D eigenvalue weighted by Crippen LogP contribution is 2.23. The van der Waals surface area contributed by atoms with E-state index in [1.54, 1.807) is 0 Å². The van der Waals surface area contributed by atoms with Crippen molar-refractivity contribution in [2.24, 2.45) is 12.0 Å². The van der Waals surface area contributed by atoms with Gasteiger partial charge >= 0.3 is 0 Å². The van der Waals surface area contributed by atoms with Gasteiger partial charge in [0.25, 0.3) is 0 Å². The van der Waals surface area contributed by atoms with Gasteiger partial charge in [0.15, 0.2) is 5.17 Å². The van der Waals surface area contributed by atoms with Crippen LogP contribution in [0.5, 0.6) is 0 Å². The van der Waals surface area contributed by atoms with Crippen LogP contribution >= 0.6 is 11.8 Å². The molecule has 0 saturated heterocycles. The topological polar surface area (TPSA) is 42.2 Å². The van der Waals surface area contributed by atoms with E-state index in [9.17, 15) is 0 Å². The Morgan fingerprint density at radius 2 is 2.47 bits per heavy atom. The number of hydrogen-bond acceptors (Lipinski definition) is 4. The molecule has 0 amide bonds. The average molecular weight is 252 g/mol. The molecule has 1 aromatic heterocycles. The zero-order chi connectivity index (χ0) is 12.1. The monoisotopic (exact) mass is 252 g/mol. The van der Waals surface area contributed by atoms with E-state index < -0.39 is 0 Å². The largest absolute Gasteiger partial charge is 0.364 e. The van der Waals surface area contributed by atoms with Crippen LogP contribution in [-0.2, 0) is 13.5 Å². The smallest absolute Gasteiger partial charge is 0.156 e. The summed E-state index contributed by atoms with van der Waals surface area (Å²) in [6.45, 7) is 4.12. The van der Waals surface area contributed by atoms with E-state index in [1.165, 1.54) is 12.8 Å². The zero-order valence-corrected chi connectivity index (χ0v) is 11.3. The van der Waals surface area contributed by atoms with Crippen molar-refractivity contribution >= 4 is 16.9 Å². The first kappa shape index (κ1) is 12.5. The molecule has 0 saturated carbocycles. The number of amidine groups is 1. The third-order valence-corrected chi connectivity index (χ3v) is 4.09. The Labute approximate surface area is 107 Å². The fraction of sp³-hybridized carbons (Fsp3) is 0.667. The maximum absolute atomic E-state index is 4.52. The van der Waals surface area contributed by atoms with Gasteiger partial charge in [-0.1, -0.05) is 25.1 Å². The van der Waals surface area contributed by atoms with Gasteiger partial charge in [0.2, 0.25) is 0 Å². The lowest BCUT2D eigenvalue weighted by Gasteiger charge is -2.07. The van der Waals surface area contributed by atoms with E-state index in [0.717, 1.165) is 30.5 Å². The fourth-order valence-corrected chi connectivity index (χ4v) is 3.06. The Balaban J connectivity index is 1.68. The van der Waals surface area contributed by atoms with Crippen molar-refractivity contribution in [3.8, 4) is 0 Å². The van der Waals surface area contributed by atoms with E-state index >= 15 is 0 Å². The maximum atomic E-state index is 4.52. The number of aromatic nitrogens is 2. The number of nitrogens with zero attached hydrogens (tertiary/aromatic N) is 3. The standard InChI is InChI=1S/C12H20N4S/c1-3-4-10-9-15-12(17-10)14-6-5-11-13-7-8-16(11)2/h7-8,10H,3-6,9H2,1-2H3,(H,14,15). The van der Waals surface area contributed by atoms with E-state index in [-0.39, 0.29) is 0 Å². The highest BCUT2D eigenvalue weighted by atomic mass is 32.2. The zero-order valence-electron chi connectivity index (χ0n) is 10.5. The van der Waals surface area contributed by atoms with Crippen LogP contribution in [0.25, 0.3) is 0 Å². The Morgan fingerprint density at radius 1 is 1.59 bits per heavy atom. The second-order valence-corrected chi connectivity index (χ2v) is 5.59. The molecule has 1 unspecified atom stereocenters. The van der Waals surface area contributed by atoms with Crippen LogP contribution in [-0.4, -0.2) is 33.1 Å². The van der Waals surface area contributed by atoms with Crippen LogP contribution in [0.1, 0.15) is 25.6 Å². The first-order valence-electron chi connectivity index (χ1n) is 6.20. The van der Waals surface area contributed by atoms with Crippen molar-refractivity contribution in [1.29, 1.82) is 0 Å². The molecule has 0 aliphatic carbocycles. The molecular weight excluding hydrogens is 232 g/mol. The Morgan fingerprint density at radius 3 is 3.18 bits per heavy atom. The summed E-state index contributed by atoms with van der Waals surface area (Å²) in [6, 6.07) is 0. The Kier molecular flexibility index (Phi) is 4.48. The van der Waals surface area contributed by atoms with E-state index in [4.69, 9.17) is 0 Å². The summed E-state index contributed by atoms with van der Waals surface area (Å²) in [7, 11) is 2.03. The molecule has 0 aromatic carbocycles. The molecular formula is C12H20N4S. The number of aryl methyl sites for hydroxylation is 1. The molecule has 17 heavy (non-hydrogen) atoms. The minimum absolute atomic E-state index is 0.690. The molecule has 0 fully saturated rings. The van der Waals surface area contributed by atoms with Gasteiger partial charge in [-0.2, -0.15) is 0 Å². The third kappa shape index (κ3) is 3.49. The SMILES string of the molecule is CCCC1CN=C(NCCc2nccn2C)S1. The number of rotatable bonds is 5. The molecule has 1 atom stereocenters. The van der Waals surface area contributed by atoms with Gasteiger partial charge in [-0.05, 0) is 6.42 Å². The number of nitrogens with one attached hydrogen (secondary N) is 1. The first-order valence-corrected chi connectivity index (χ1v) is 7.08. The molecule has 1 aliphatic heterocycles. The lowest BCUT2D eigenvalue weighted by molar-refractivity contribution is 0.746. The molecule has 1 aromatic rings. The molecule has 2 rings (SSSR count). The van der Waals surface area contributed by atoms with Gasteiger partial charge in [-0.3, -0.25) is 4.99 Å². The number of aliphatic imine (C=N–C) groups is 1. The van der Waals surface area contributed by atoms with Crippen LogP contribution in [0.3, 0.4) is 0 Å². The van der Waals surface area contributed by atoms with Gasteiger partial charge in [0.05, 0.1) is 6.54 Å². The average Bonchev–Trinajstić information content (AvgIpc) is 2.90. The van der Waals surface area contributed by atoms with Crippen molar-refractivity contribution in [3.63, 3.8) is 0 Å². The fourth-order valence-electron chi connectivity index (χ4n) is 1.91. The summed E-state index contributed by atoms with van der Waals surface area (Å²) in [5.41, 5.74) is 0. The van der Waals surface area contributed by atoms with Crippen LogP contribution in [0.15, 0.2) is 17.4 Å². The van der Waals surface area contributed by atoms with Crippen LogP contribution in [0.4, 0.5) is 0 Å². The molecule has 2 heterocycles. The summed E-state index contributed by atoms with van der Waals surface area (Å²) < 4.78 is 2.06. The van der Waals surface area contributed by atoms with Crippen molar-refractivity contribution in [3.05, 3.63) is 18.2 Å². The third-order valence-electron chi connectivity index (χ3n) is 2.87. The quantitative estimate of drug-likeness (QED) is 0.869. The van der Waals surface area contributed by atoms with Gasteiger partial charge in [-0.15, -0.1) is 0 Å². The number of thioether (sulfide) groups is 1. The van der Waals surface area contributed by atoms with E-state index in [2.05, 4.69) is 26.8 Å². The highest BCUT2D eigenvalue weighted by Gasteiger charge is 2.18. The van der Waals surface area contributed by atoms with Crippen LogP contribution in [0.2, 0.25) is 0 Å². The van der Waals surface area contributed by atoms with Crippen molar-refractivity contribution in [1.82, 2.24) is 14.9 Å². The maximum Gasteiger partial charge on any atom is 0.156 e. The van der Waals surface area contributed by atoms with Crippen LogP contribution < -0.4 is 5.32 Å². The number of hydrogen-bond donors (Lipinski definition) is 1. The molecule has 0 radical (unpaired) electrons. The normalized spacial score (nSPS) is 19.4. The van der Waals surface area contributed by atoms with Crippen molar-refractivity contribution < 1.29 is 0 Å². The second kappa shape index (κ2) is 6.10. The minimum atomic E-state index is 0.690. The first-order chi connectivity index (χ1) is 8.29. The lowest BCUT2D eigenvalue weighted by atomic mass is 10.2. The van der Waals surface area contributed by atoms with Crippen molar-refractivity contribution in [2.45, 2.75) is 31.4 Å². The van der Waals surface area contributed by atoms with Gasteiger partial charge in [-0.25, -0.2) is 4.98 Å². The molecule has 1 N–H and O–H groups in total. The summed E-state index contributed by atoms with van der Waals surface area (Å²) in [6.07, 6.45) is 7.27.